The second kappa shape index (κ2) is 5.43. The van der Waals surface area contributed by atoms with Crippen LogP contribution in [0.5, 0.6) is 0 Å². The van der Waals surface area contributed by atoms with Gasteiger partial charge in [-0.2, -0.15) is 0 Å². The minimum absolute atomic E-state index is 0.141. The summed E-state index contributed by atoms with van der Waals surface area (Å²) >= 11 is 0. The number of nitrogens with zero attached hydrogens (tertiary/aromatic N) is 3. The molecule has 0 spiro atoms. The summed E-state index contributed by atoms with van der Waals surface area (Å²) in [6, 6.07) is 3.36. The van der Waals surface area contributed by atoms with Crippen LogP contribution < -0.4 is 5.32 Å². The summed E-state index contributed by atoms with van der Waals surface area (Å²) in [5.74, 6) is 0. The van der Waals surface area contributed by atoms with E-state index in [-0.39, 0.29) is 10.6 Å². The van der Waals surface area contributed by atoms with Gasteiger partial charge in [0.05, 0.1) is 23.4 Å². The number of nitro groups is 1. The van der Waals surface area contributed by atoms with E-state index in [0.29, 0.717) is 12.1 Å². The second-order valence-corrected chi connectivity index (χ2v) is 4.26. The van der Waals surface area contributed by atoms with Crippen LogP contribution in [0.1, 0.15) is 16.8 Å². The molecule has 1 aromatic carbocycles. The normalized spacial score (nSPS) is 10.2. The summed E-state index contributed by atoms with van der Waals surface area (Å²) in [6.07, 6.45) is 4.93. The first kappa shape index (κ1) is 12.9. The number of aromatic nitrogens is 2. The third-order valence-electron chi connectivity index (χ3n) is 2.82. The number of anilines is 1. The van der Waals surface area contributed by atoms with Gasteiger partial charge in [0.25, 0.3) is 5.69 Å². The van der Waals surface area contributed by atoms with Crippen molar-refractivity contribution in [1.82, 2.24) is 9.97 Å². The van der Waals surface area contributed by atoms with E-state index in [0.717, 1.165) is 16.9 Å². The zero-order valence-electron chi connectivity index (χ0n) is 10.8. The molecule has 0 unspecified atom stereocenters. The first-order chi connectivity index (χ1) is 9.08. The molecule has 0 fully saturated rings. The molecule has 19 heavy (non-hydrogen) atoms. The van der Waals surface area contributed by atoms with E-state index < -0.39 is 0 Å². The maximum atomic E-state index is 10.8. The summed E-state index contributed by atoms with van der Waals surface area (Å²) in [6.45, 7) is 4.10. The third-order valence-corrected chi connectivity index (χ3v) is 2.82. The van der Waals surface area contributed by atoms with E-state index in [4.69, 9.17) is 0 Å². The van der Waals surface area contributed by atoms with E-state index in [1.165, 1.54) is 0 Å². The van der Waals surface area contributed by atoms with Crippen molar-refractivity contribution < 1.29 is 4.92 Å². The molecule has 1 N–H and O–H groups in total. The van der Waals surface area contributed by atoms with Gasteiger partial charge in [-0.3, -0.25) is 20.1 Å². The number of hydrogen-bond donors (Lipinski definition) is 1. The second-order valence-electron chi connectivity index (χ2n) is 4.26. The third kappa shape index (κ3) is 3.04. The predicted octanol–water partition coefficient (Wildman–Crippen LogP) is 2.61. The number of nitro benzene ring substituents is 1. The van der Waals surface area contributed by atoms with Gasteiger partial charge in [-0.1, -0.05) is 0 Å². The van der Waals surface area contributed by atoms with Gasteiger partial charge in [0.2, 0.25) is 0 Å². The maximum absolute atomic E-state index is 10.8. The van der Waals surface area contributed by atoms with Crippen LogP contribution in [0.2, 0.25) is 0 Å². The van der Waals surface area contributed by atoms with Crippen molar-refractivity contribution in [2.45, 2.75) is 20.4 Å². The lowest BCUT2D eigenvalue weighted by Gasteiger charge is -2.10. The summed E-state index contributed by atoms with van der Waals surface area (Å²) < 4.78 is 0. The quantitative estimate of drug-likeness (QED) is 0.673. The first-order valence-corrected chi connectivity index (χ1v) is 5.82. The lowest BCUT2D eigenvalue weighted by molar-refractivity contribution is -0.385. The lowest BCUT2D eigenvalue weighted by atomic mass is 10.1. The number of aryl methyl sites for hydroxylation is 2. The molecule has 0 aliphatic carbocycles. The van der Waals surface area contributed by atoms with Gasteiger partial charge < -0.3 is 5.32 Å². The Labute approximate surface area is 110 Å². The smallest absolute Gasteiger partial charge is 0.272 e. The molecular weight excluding hydrogens is 244 g/mol. The molecule has 0 aliphatic rings. The van der Waals surface area contributed by atoms with E-state index >= 15 is 0 Å². The first-order valence-electron chi connectivity index (χ1n) is 5.82. The highest BCUT2D eigenvalue weighted by Crippen LogP contribution is 2.26. The standard InChI is InChI=1S/C13H14N4O2/c1-9-6-13(17(18)19)10(2)5-12(9)16-8-11-7-14-3-4-15-11/h3-7,16H,8H2,1-2H3. The minimum Gasteiger partial charge on any atom is -0.379 e. The van der Waals surface area contributed by atoms with Gasteiger partial charge in [-0.15, -0.1) is 0 Å². The van der Waals surface area contributed by atoms with Gasteiger partial charge in [0.15, 0.2) is 0 Å². The van der Waals surface area contributed by atoms with Crippen molar-refractivity contribution >= 4 is 11.4 Å². The molecule has 1 heterocycles. The van der Waals surface area contributed by atoms with Crippen molar-refractivity contribution in [2.75, 3.05) is 5.32 Å². The molecule has 6 nitrogen and oxygen atoms in total. The maximum Gasteiger partial charge on any atom is 0.272 e. The summed E-state index contributed by atoms with van der Waals surface area (Å²) in [7, 11) is 0. The highest BCUT2D eigenvalue weighted by atomic mass is 16.6. The fourth-order valence-electron chi connectivity index (χ4n) is 1.80. The van der Waals surface area contributed by atoms with Gasteiger partial charge in [0, 0.05) is 29.7 Å². The van der Waals surface area contributed by atoms with E-state index in [9.17, 15) is 10.1 Å². The largest absolute Gasteiger partial charge is 0.379 e. The van der Waals surface area contributed by atoms with Gasteiger partial charge in [0.1, 0.15) is 0 Å². The van der Waals surface area contributed by atoms with Crippen LogP contribution in [0.15, 0.2) is 30.7 Å². The Morgan fingerprint density at radius 2 is 2.05 bits per heavy atom. The topological polar surface area (TPSA) is 81.0 Å². The Balaban J connectivity index is 2.17. The average Bonchev–Trinajstić information content (AvgIpc) is 2.40. The Bertz CT molecular complexity index is 599. The number of hydrogen-bond acceptors (Lipinski definition) is 5. The van der Waals surface area contributed by atoms with Crippen molar-refractivity contribution in [3.63, 3.8) is 0 Å². The van der Waals surface area contributed by atoms with Crippen LogP contribution in [-0.2, 0) is 6.54 Å². The number of benzene rings is 1. The highest BCUT2D eigenvalue weighted by molar-refractivity contribution is 5.59. The SMILES string of the molecule is Cc1cc([N+](=O)[O-])c(C)cc1NCc1cnccn1. The lowest BCUT2D eigenvalue weighted by Crippen LogP contribution is -2.04. The van der Waals surface area contributed by atoms with Crippen LogP contribution in [0.4, 0.5) is 11.4 Å². The molecule has 0 atom stereocenters. The molecule has 98 valence electrons. The minimum atomic E-state index is -0.366. The van der Waals surface area contributed by atoms with Crippen LogP contribution in [0.25, 0.3) is 0 Å². The van der Waals surface area contributed by atoms with Gasteiger partial charge in [-0.25, -0.2) is 0 Å². The molecule has 2 aromatic rings. The van der Waals surface area contributed by atoms with Crippen molar-refractivity contribution in [1.29, 1.82) is 0 Å². The summed E-state index contributed by atoms with van der Waals surface area (Å²) in [5.41, 5.74) is 3.30. The molecule has 6 heteroatoms. The highest BCUT2D eigenvalue weighted by Gasteiger charge is 2.13. The number of rotatable bonds is 4. The summed E-state index contributed by atoms with van der Waals surface area (Å²) in [5, 5.41) is 14.0. The fourth-order valence-corrected chi connectivity index (χ4v) is 1.80. The molecular formula is C13H14N4O2. The Morgan fingerprint density at radius 3 is 2.68 bits per heavy atom. The zero-order valence-corrected chi connectivity index (χ0v) is 10.8. The van der Waals surface area contributed by atoms with Crippen LogP contribution in [0, 0.1) is 24.0 Å². The fraction of sp³-hybridized carbons (Fsp3) is 0.231. The molecule has 2 rings (SSSR count). The number of nitrogens with one attached hydrogen (secondary N) is 1. The van der Waals surface area contributed by atoms with E-state index in [1.54, 1.807) is 37.6 Å². The molecule has 0 amide bonds. The predicted molar refractivity (Wildman–Crippen MR) is 71.9 cm³/mol. The van der Waals surface area contributed by atoms with E-state index in [2.05, 4.69) is 15.3 Å². The van der Waals surface area contributed by atoms with Gasteiger partial charge in [-0.05, 0) is 25.5 Å². The molecule has 0 bridgehead atoms. The zero-order chi connectivity index (χ0) is 13.8. The van der Waals surface area contributed by atoms with Crippen molar-refractivity contribution in [3.05, 3.63) is 57.7 Å². The molecule has 0 saturated carbocycles. The molecule has 0 radical (unpaired) electrons. The van der Waals surface area contributed by atoms with Crippen molar-refractivity contribution in [3.8, 4) is 0 Å². The molecule has 0 saturated heterocycles. The van der Waals surface area contributed by atoms with Crippen LogP contribution in [-0.4, -0.2) is 14.9 Å². The Kier molecular flexibility index (Phi) is 3.70. The Hall–Kier alpha value is -2.50. The molecule has 0 aliphatic heterocycles. The van der Waals surface area contributed by atoms with E-state index in [1.807, 2.05) is 6.92 Å². The van der Waals surface area contributed by atoms with Crippen molar-refractivity contribution in [2.24, 2.45) is 0 Å². The summed E-state index contributed by atoms with van der Waals surface area (Å²) in [4.78, 5) is 18.6. The van der Waals surface area contributed by atoms with Gasteiger partial charge >= 0.3 is 0 Å². The Morgan fingerprint density at radius 1 is 1.26 bits per heavy atom. The molecule has 1 aromatic heterocycles. The monoisotopic (exact) mass is 258 g/mol. The van der Waals surface area contributed by atoms with Crippen LogP contribution >= 0.6 is 0 Å². The van der Waals surface area contributed by atoms with Crippen LogP contribution in [0.3, 0.4) is 0 Å². The average molecular weight is 258 g/mol.